The highest BCUT2D eigenvalue weighted by Crippen LogP contribution is 2.48. The number of alkyl halides is 3. The van der Waals surface area contributed by atoms with Crippen molar-refractivity contribution < 1.29 is 37.3 Å². The van der Waals surface area contributed by atoms with Crippen LogP contribution in [0.25, 0.3) is 11.4 Å². The predicted octanol–water partition coefficient (Wildman–Crippen LogP) is 4.42. The van der Waals surface area contributed by atoms with E-state index in [-0.39, 0.29) is 52.2 Å². The minimum atomic E-state index is -4.62. The summed E-state index contributed by atoms with van der Waals surface area (Å²) in [5.74, 6) is -1.08. The van der Waals surface area contributed by atoms with Crippen LogP contribution in [0.5, 0.6) is 5.75 Å². The minimum absolute atomic E-state index is 0.0305. The number of hydrogen-bond donors (Lipinski definition) is 2. The fourth-order valence-electron chi connectivity index (χ4n) is 6.98. The standard InChI is InChI=1S/C33H32ClF3N8O6/c1-17-27(47)25(39-16-38-17)30(49)43-10-3-8-32(9-11-43)24-26(18(2)51-32)44(15-23(46)40-22-5-4-20(14-21(22)34)33(35,36)37)31-41-28(42-45(31)29(24)48)19-6-12-50-13-7-19/h4-6,14,16,18,47H,3,7-13,15H2,1-2H3,(H,40,46)/t18-,32+/m0/s1. The first-order chi connectivity index (χ1) is 24.3. The van der Waals surface area contributed by atoms with Crippen LogP contribution in [0.4, 0.5) is 18.9 Å². The molecule has 3 aliphatic rings. The average Bonchev–Trinajstić information content (AvgIpc) is 3.59. The first-order valence-corrected chi connectivity index (χ1v) is 16.6. The van der Waals surface area contributed by atoms with E-state index in [9.17, 15) is 32.7 Å². The number of carbonyl (C=O) groups excluding carboxylic acids is 2. The molecule has 2 N–H and O–H groups in total. The summed E-state index contributed by atoms with van der Waals surface area (Å²) < 4.78 is 54.4. The molecule has 18 heteroatoms. The topological polar surface area (TPSA) is 166 Å². The molecule has 1 saturated heterocycles. The van der Waals surface area contributed by atoms with Crippen molar-refractivity contribution in [3.8, 4) is 5.75 Å². The Balaban J connectivity index is 1.28. The molecule has 51 heavy (non-hydrogen) atoms. The van der Waals surface area contributed by atoms with E-state index >= 15 is 0 Å². The van der Waals surface area contributed by atoms with E-state index in [2.05, 4.69) is 25.4 Å². The number of ether oxygens (including phenoxy) is 2. The maximum Gasteiger partial charge on any atom is 0.416 e. The molecule has 1 spiro atoms. The van der Waals surface area contributed by atoms with Gasteiger partial charge in [0.25, 0.3) is 11.5 Å². The van der Waals surface area contributed by atoms with Gasteiger partial charge in [-0.15, -0.1) is 5.10 Å². The number of halogens is 4. The Hall–Kier alpha value is -4.87. The van der Waals surface area contributed by atoms with Gasteiger partial charge < -0.3 is 29.4 Å². The largest absolute Gasteiger partial charge is 0.504 e. The summed E-state index contributed by atoms with van der Waals surface area (Å²) in [6, 6.07) is 2.62. The van der Waals surface area contributed by atoms with Crippen LogP contribution in [0, 0.1) is 6.92 Å². The van der Waals surface area contributed by atoms with Gasteiger partial charge in [-0.1, -0.05) is 17.7 Å². The van der Waals surface area contributed by atoms with Gasteiger partial charge in [-0.2, -0.15) is 22.7 Å². The molecule has 14 nitrogen and oxygen atoms in total. The normalized spacial score (nSPS) is 20.7. The predicted molar refractivity (Wildman–Crippen MR) is 175 cm³/mol. The zero-order valence-corrected chi connectivity index (χ0v) is 28.2. The fraction of sp³-hybridized carbons (Fsp3) is 0.424. The molecule has 2 amide bonds. The summed E-state index contributed by atoms with van der Waals surface area (Å²) in [4.78, 5) is 55.6. The lowest BCUT2D eigenvalue weighted by Crippen LogP contribution is -2.37. The summed E-state index contributed by atoms with van der Waals surface area (Å²) in [5, 5.41) is 17.3. The number of rotatable bonds is 5. The van der Waals surface area contributed by atoms with Crippen LogP contribution in [0.1, 0.15) is 77.5 Å². The Labute approximate surface area is 292 Å². The second-order valence-electron chi connectivity index (χ2n) is 12.7. The molecular formula is C33H32ClF3N8O6. The highest BCUT2D eigenvalue weighted by Gasteiger charge is 2.49. The van der Waals surface area contributed by atoms with Crippen molar-refractivity contribution in [2.45, 2.75) is 64.0 Å². The number of hydrogen-bond acceptors (Lipinski definition) is 10. The average molecular weight is 729 g/mol. The number of carbonyl (C=O) groups is 2. The molecular weight excluding hydrogens is 697 g/mol. The van der Waals surface area contributed by atoms with Crippen molar-refractivity contribution in [1.29, 1.82) is 0 Å². The Bertz CT molecular complexity index is 2170. The van der Waals surface area contributed by atoms with Crippen molar-refractivity contribution in [3.63, 3.8) is 0 Å². The molecule has 3 aliphatic heterocycles. The number of fused-ring (bicyclic) bond motifs is 3. The molecule has 268 valence electrons. The number of nitrogens with one attached hydrogen (secondary N) is 1. The quantitative estimate of drug-likeness (QED) is 0.300. The van der Waals surface area contributed by atoms with Crippen molar-refractivity contribution in [2.24, 2.45) is 0 Å². The molecule has 0 radical (unpaired) electrons. The van der Waals surface area contributed by atoms with Gasteiger partial charge in [-0.05, 0) is 63.3 Å². The highest BCUT2D eigenvalue weighted by atomic mass is 35.5. The molecule has 3 aromatic heterocycles. The van der Waals surface area contributed by atoms with Gasteiger partial charge in [0.1, 0.15) is 18.5 Å². The van der Waals surface area contributed by atoms with Crippen molar-refractivity contribution in [2.75, 3.05) is 31.6 Å². The number of amides is 2. The number of benzene rings is 1. The zero-order chi connectivity index (χ0) is 36.2. The van der Waals surface area contributed by atoms with Crippen LogP contribution in [0.3, 0.4) is 0 Å². The number of aromatic nitrogens is 6. The summed E-state index contributed by atoms with van der Waals surface area (Å²) in [5.41, 5.74) is -1.08. The first-order valence-electron chi connectivity index (χ1n) is 16.2. The monoisotopic (exact) mass is 728 g/mol. The molecule has 1 aromatic carbocycles. The zero-order valence-electron chi connectivity index (χ0n) is 27.5. The molecule has 0 bridgehead atoms. The van der Waals surface area contributed by atoms with E-state index in [1.165, 1.54) is 10.9 Å². The number of aromatic hydroxyl groups is 1. The van der Waals surface area contributed by atoms with Gasteiger partial charge in [-0.3, -0.25) is 14.4 Å². The van der Waals surface area contributed by atoms with Crippen LogP contribution in [-0.4, -0.2) is 77.3 Å². The molecule has 6 heterocycles. The summed E-state index contributed by atoms with van der Waals surface area (Å²) >= 11 is 6.13. The Morgan fingerprint density at radius 2 is 2.00 bits per heavy atom. The molecule has 4 aromatic rings. The van der Waals surface area contributed by atoms with E-state index < -0.39 is 47.4 Å². The van der Waals surface area contributed by atoms with Crippen LogP contribution in [0.2, 0.25) is 5.02 Å². The van der Waals surface area contributed by atoms with Gasteiger partial charge >= 0.3 is 6.18 Å². The van der Waals surface area contributed by atoms with E-state index in [1.54, 1.807) is 18.7 Å². The fourth-order valence-corrected chi connectivity index (χ4v) is 7.20. The lowest BCUT2D eigenvalue weighted by atomic mass is 9.87. The van der Waals surface area contributed by atoms with E-state index in [0.29, 0.717) is 50.5 Å². The summed E-state index contributed by atoms with van der Waals surface area (Å²) in [7, 11) is 0. The number of aryl methyl sites for hydroxylation is 1. The van der Waals surface area contributed by atoms with Crippen LogP contribution >= 0.6 is 11.6 Å². The third kappa shape index (κ3) is 6.22. The number of anilines is 1. The number of likely N-dealkylation sites (tertiary alicyclic amines) is 1. The lowest BCUT2D eigenvalue weighted by Gasteiger charge is -2.28. The third-order valence-corrected chi connectivity index (χ3v) is 9.75. The van der Waals surface area contributed by atoms with Gasteiger partial charge in [-0.25, -0.2) is 9.97 Å². The van der Waals surface area contributed by atoms with Gasteiger partial charge in [0.2, 0.25) is 11.7 Å². The van der Waals surface area contributed by atoms with Crippen molar-refractivity contribution in [1.82, 2.24) is 34.0 Å². The molecule has 0 saturated carbocycles. The Morgan fingerprint density at radius 3 is 2.73 bits per heavy atom. The maximum absolute atomic E-state index is 14.4. The highest BCUT2D eigenvalue weighted by molar-refractivity contribution is 6.33. The van der Waals surface area contributed by atoms with Gasteiger partial charge in [0, 0.05) is 13.1 Å². The van der Waals surface area contributed by atoms with Crippen LogP contribution in [-0.2, 0) is 32.6 Å². The smallest absolute Gasteiger partial charge is 0.416 e. The molecule has 7 rings (SSSR count). The SMILES string of the molecule is Cc1ncnc(C(=O)N2CCC[C@]3(CC2)O[C@@H](C)c2c3c(=O)n3nc(C4=CCOCC4)nc3n2CC(=O)Nc2ccc(C(F)(F)F)cc2Cl)c1O. The van der Waals surface area contributed by atoms with Crippen LogP contribution in [0.15, 0.2) is 35.4 Å². The number of nitrogens with zero attached hydrogens (tertiary/aromatic N) is 7. The van der Waals surface area contributed by atoms with Crippen LogP contribution < -0.4 is 10.9 Å². The minimum Gasteiger partial charge on any atom is -0.504 e. The van der Waals surface area contributed by atoms with Gasteiger partial charge in [0.05, 0.1) is 52.5 Å². The Morgan fingerprint density at radius 1 is 1.20 bits per heavy atom. The third-order valence-electron chi connectivity index (χ3n) is 9.44. The van der Waals surface area contributed by atoms with E-state index in [1.807, 2.05) is 6.08 Å². The first kappa shape index (κ1) is 34.6. The van der Waals surface area contributed by atoms with Crippen molar-refractivity contribution >= 4 is 40.5 Å². The summed E-state index contributed by atoms with van der Waals surface area (Å²) in [6.45, 7) is 4.14. The van der Waals surface area contributed by atoms with E-state index in [4.69, 9.17) is 21.1 Å². The molecule has 1 fully saturated rings. The Kier molecular flexibility index (Phi) is 8.83. The van der Waals surface area contributed by atoms with Crippen molar-refractivity contribution in [3.05, 3.63) is 80.0 Å². The molecule has 0 aliphatic carbocycles. The lowest BCUT2D eigenvalue weighted by molar-refractivity contribution is -0.137. The van der Waals surface area contributed by atoms with Gasteiger partial charge in [0.15, 0.2) is 17.3 Å². The second kappa shape index (κ2) is 13.0. The summed E-state index contributed by atoms with van der Waals surface area (Å²) in [6.07, 6.45) is -0.808. The van der Waals surface area contributed by atoms with E-state index in [0.717, 1.165) is 28.3 Å². The second-order valence-corrected chi connectivity index (χ2v) is 13.1. The maximum atomic E-state index is 14.4. The molecule has 2 atom stereocenters. The molecule has 0 unspecified atom stereocenters.